The first kappa shape index (κ1) is 17.8. The summed E-state index contributed by atoms with van der Waals surface area (Å²) in [6.07, 6.45) is 1.78. The summed E-state index contributed by atoms with van der Waals surface area (Å²) >= 11 is 3.09. The van der Waals surface area contributed by atoms with Crippen LogP contribution in [0.4, 0.5) is 5.69 Å². The van der Waals surface area contributed by atoms with Gasteiger partial charge in [0, 0.05) is 26.4 Å². The molecule has 0 aliphatic carbocycles. The molecule has 2 N–H and O–H groups in total. The molecule has 0 bridgehead atoms. The van der Waals surface area contributed by atoms with Crippen LogP contribution in [0.3, 0.4) is 0 Å². The van der Waals surface area contributed by atoms with Crippen LogP contribution in [0.5, 0.6) is 0 Å². The minimum absolute atomic E-state index is 0.155. The quantitative estimate of drug-likeness (QED) is 0.689. The first-order chi connectivity index (χ1) is 13.0. The van der Waals surface area contributed by atoms with E-state index in [2.05, 4.69) is 15.6 Å². The molecule has 3 aromatic rings. The van der Waals surface area contributed by atoms with E-state index < -0.39 is 0 Å². The molecule has 0 radical (unpaired) electrons. The molecular formula is C20H17N3O2S2. The average Bonchev–Trinajstić information content (AvgIpc) is 3.01. The maximum Gasteiger partial charge on any atom is 0.256 e. The number of carbonyl (C=O) groups is 2. The highest BCUT2D eigenvalue weighted by molar-refractivity contribution is 7.99. The molecule has 0 saturated heterocycles. The molecule has 1 aromatic heterocycles. The van der Waals surface area contributed by atoms with E-state index in [1.54, 1.807) is 17.5 Å². The van der Waals surface area contributed by atoms with Crippen LogP contribution in [0.25, 0.3) is 0 Å². The third-order valence-corrected chi connectivity index (χ3v) is 6.40. The number of carbonyl (C=O) groups excluding carboxylic acids is 2. The predicted octanol–water partition coefficient (Wildman–Crippen LogP) is 4.41. The third-order valence-electron chi connectivity index (χ3n) is 4.35. The standard InChI is InChI=1S/C20H17N3O2S2/c1-11-14(19(24)22-10-13-9-21-12(2)26-13)7-8-17-18(11)23-20(25)15-5-3-4-6-16(15)27-17/h3-9H,10H2,1-2H3,(H,22,24)(H,23,25). The van der Waals surface area contributed by atoms with Gasteiger partial charge in [0.2, 0.25) is 0 Å². The highest BCUT2D eigenvalue weighted by Crippen LogP contribution is 2.41. The molecule has 0 fully saturated rings. The van der Waals surface area contributed by atoms with Crippen molar-refractivity contribution in [2.75, 3.05) is 5.32 Å². The molecule has 0 saturated carbocycles. The third kappa shape index (κ3) is 3.48. The monoisotopic (exact) mass is 395 g/mol. The fourth-order valence-corrected chi connectivity index (χ4v) is 4.80. The van der Waals surface area contributed by atoms with Crippen molar-refractivity contribution in [2.24, 2.45) is 0 Å². The molecule has 136 valence electrons. The first-order valence-electron chi connectivity index (χ1n) is 8.44. The molecule has 27 heavy (non-hydrogen) atoms. The highest BCUT2D eigenvalue weighted by Gasteiger charge is 2.23. The molecule has 1 aliphatic heterocycles. The van der Waals surface area contributed by atoms with Crippen LogP contribution in [0.1, 0.15) is 36.2 Å². The maximum atomic E-state index is 12.7. The number of aromatic nitrogens is 1. The number of rotatable bonds is 3. The van der Waals surface area contributed by atoms with Gasteiger partial charge in [0.15, 0.2) is 0 Å². The van der Waals surface area contributed by atoms with Gasteiger partial charge in [0.25, 0.3) is 11.8 Å². The van der Waals surface area contributed by atoms with Gasteiger partial charge in [-0.3, -0.25) is 9.59 Å². The summed E-state index contributed by atoms with van der Waals surface area (Å²) in [5.41, 5.74) is 2.66. The van der Waals surface area contributed by atoms with E-state index in [4.69, 9.17) is 0 Å². The van der Waals surface area contributed by atoms with Crippen molar-refractivity contribution in [1.82, 2.24) is 10.3 Å². The van der Waals surface area contributed by atoms with Gasteiger partial charge in [-0.05, 0) is 43.7 Å². The van der Waals surface area contributed by atoms with Gasteiger partial charge in [-0.25, -0.2) is 4.98 Å². The van der Waals surface area contributed by atoms with Crippen molar-refractivity contribution < 1.29 is 9.59 Å². The lowest BCUT2D eigenvalue weighted by molar-refractivity contribution is 0.0949. The van der Waals surface area contributed by atoms with Gasteiger partial charge in [0.05, 0.1) is 22.8 Å². The van der Waals surface area contributed by atoms with Gasteiger partial charge >= 0.3 is 0 Å². The van der Waals surface area contributed by atoms with Crippen molar-refractivity contribution >= 4 is 40.6 Å². The molecule has 5 nitrogen and oxygen atoms in total. The van der Waals surface area contributed by atoms with E-state index in [1.165, 1.54) is 11.8 Å². The van der Waals surface area contributed by atoms with Crippen molar-refractivity contribution in [3.63, 3.8) is 0 Å². The van der Waals surface area contributed by atoms with Crippen LogP contribution in [0, 0.1) is 13.8 Å². The Balaban J connectivity index is 1.61. The topological polar surface area (TPSA) is 71.1 Å². The largest absolute Gasteiger partial charge is 0.347 e. The number of aryl methyl sites for hydroxylation is 1. The minimum atomic E-state index is -0.164. The van der Waals surface area contributed by atoms with Crippen molar-refractivity contribution in [2.45, 2.75) is 30.2 Å². The Hall–Kier alpha value is -2.64. The van der Waals surface area contributed by atoms with Gasteiger partial charge in [-0.2, -0.15) is 0 Å². The first-order valence-corrected chi connectivity index (χ1v) is 10.1. The lowest BCUT2D eigenvalue weighted by Gasteiger charge is -2.14. The zero-order valence-electron chi connectivity index (χ0n) is 14.8. The number of anilines is 1. The smallest absolute Gasteiger partial charge is 0.256 e. The predicted molar refractivity (Wildman–Crippen MR) is 108 cm³/mol. The Kier molecular flexibility index (Phi) is 4.72. The fourth-order valence-electron chi connectivity index (χ4n) is 2.97. The van der Waals surface area contributed by atoms with Crippen LogP contribution >= 0.6 is 23.1 Å². The fraction of sp³-hybridized carbons (Fsp3) is 0.150. The summed E-state index contributed by atoms with van der Waals surface area (Å²) in [7, 11) is 0. The maximum absolute atomic E-state index is 12.7. The molecule has 0 atom stereocenters. The zero-order chi connectivity index (χ0) is 19.0. The van der Waals surface area contributed by atoms with Crippen molar-refractivity contribution in [1.29, 1.82) is 0 Å². The Morgan fingerprint density at radius 3 is 2.74 bits per heavy atom. The minimum Gasteiger partial charge on any atom is -0.347 e. The van der Waals surface area contributed by atoms with E-state index in [0.29, 0.717) is 23.4 Å². The normalized spacial score (nSPS) is 12.6. The Labute approximate surface area is 165 Å². The number of hydrogen-bond donors (Lipinski definition) is 2. The summed E-state index contributed by atoms with van der Waals surface area (Å²) in [6.45, 7) is 4.24. The summed E-state index contributed by atoms with van der Waals surface area (Å²) in [6, 6.07) is 11.2. The van der Waals surface area contributed by atoms with Gasteiger partial charge in [-0.15, -0.1) is 11.3 Å². The van der Waals surface area contributed by atoms with Gasteiger partial charge in [-0.1, -0.05) is 23.9 Å². The van der Waals surface area contributed by atoms with Crippen molar-refractivity contribution in [3.05, 3.63) is 69.2 Å². The number of nitrogens with one attached hydrogen (secondary N) is 2. The van der Waals surface area contributed by atoms with E-state index in [0.717, 1.165) is 25.2 Å². The second-order valence-electron chi connectivity index (χ2n) is 6.19. The molecule has 4 rings (SSSR count). The van der Waals surface area contributed by atoms with Crippen LogP contribution in [-0.2, 0) is 6.54 Å². The van der Waals surface area contributed by atoms with E-state index in [1.807, 2.05) is 50.2 Å². The van der Waals surface area contributed by atoms with Crippen LogP contribution in [0.15, 0.2) is 52.4 Å². The number of nitrogens with zero attached hydrogens (tertiary/aromatic N) is 1. The molecule has 0 spiro atoms. The zero-order valence-corrected chi connectivity index (χ0v) is 16.5. The molecule has 1 aliphatic rings. The number of benzene rings is 2. The number of amides is 2. The van der Waals surface area contributed by atoms with Gasteiger partial charge in [0.1, 0.15) is 0 Å². The Bertz CT molecular complexity index is 1060. The number of fused-ring (bicyclic) bond motifs is 2. The number of hydrogen-bond acceptors (Lipinski definition) is 5. The second kappa shape index (κ2) is 7.17. The molecular weight excluding hydrogens is 378 g/mol. The van der Waals surface area contributed by atoms with Crippen molar-refractivity contribution in [3.8, 4) is 0 Å². The van der Waals surface area contributed by atoms with Gasteiger partial charge < -0.3 is 10.6 Å². The summed E-state index contributed by atoms with van der Waals surface area (Å²) in [4.78, 5) is 32.3. The van der Waals surface area contributed by atoms with Crippen LogP contribution < -0.4 is 10.6 Å². The number of thiazole rings is 1. The molecule has 0 unspecified atom stereocenters. The lowest BCUT2D eigenvalue weighted by Crippen LogP contribution is -2.24. The molecule has 2 heterocycles. The summed E-state index contributed by atoms with van der Waals surface area (Å²) in [5.74, 6) is -0.319. The molecule has 2 amide bonds. The summed E-state index contributed by atoms with van der Waals surface area (Å²) in [5, 5.41) is 6.88. The second-order valence-corrected chi connectivity index (χ2v) is 8.59. The van der Waals surface area contributed by atoms with E-state index >= 15 is 0 Å². The molecule has 2 aromatic carbocycles. The molecule has 7 heteroatoms. The van der Waals surface area contributed by atoms with Crippen LogP contribution in [-0.4, -0.2) is 16.8 Å². The van der Waals surface area contributed by atoms with E-state index in [-0.39, 0.29) is 11.8 Å². The highest BCUT2D eigenvalue weighted by atomic mass is 32.2. The Morgan fingerprint density at radius 2 is 1.96 bits per heavy atom. The lowest BCUT2D eigenvalue weighted by atomic mass is 10.1. The SMILES string of the molecule is Cc1ncc(CNC(=O)c2ccc3c(c2C)NC(=O)c2ccccc2S3)s1. The average molecular weight is 396 g/mol. The van der Waals surface area contributed by atoms with E-state index in [9.17, 15) is 9.59 Å². The Morgan fingerprint density at radius 1 is 1.15 bits per heavy atom. The van der Waals surface area contributed by atoms with Crippen LogP contribution in [0.2, 0.25) is 0 Å². The summed E-state index contributed by atoms with van der Waals surface area (Å²) < 4.78 is 0.